The third kappa shape index (κ3) is 4.15. The number of urea groups is 1. The van der Waals surface area contributed by atoms with Gasteiger partial charge in [-0.1, -0.05) is 12.1 Å². The first-order valence-corrected chi connectivity index (χ1v) is 5.45. The van der Waals surface area contributed by atoms with Gasteiger partial charge >= 0.3 is 6.03 Å². The smallest absolute Gasteiger partial charge is 0.323 e. The highest BCUT2D eigenvalue weighted by Gasteiger charge is 2.06. The largest absolute Gasteiger partial charge is 0.351 e. The molecule has 0 heterocycles. The third-order valence-corrected chi connectivity index (χ3v) is 2.44. The van der Waals surface area contributed by atoms with Crippen LogP contribution >= 0.6 is 12.1 Å². The molecule has 0 atom stereocenters. The Morgan fingerprint density at radius 1 is 1.06 bits per heavy atom. The maximum absolute atomic E-state index is 11.5. The average Bonchev–Trinajstić information content (AvgIpc) is 2.28. The van der Waals surface area contributed by atoms with Gasteiger partial charge in [0.15, 0.2) is 5.78 Å². The van der Waals surface area contributed by atoms with Gasteiger partial charge in [-0.25, -0.2) is 4.79 Å². The van der Waals surface area contributed by atoms with Gasteiger partial charge in [0.2, 0.25) is 0 Å². The minimum atomic E-state index is -0.748. The highest BCUT2D eigenvalue weighted by molar-refractivity contribution is 7.96. The van der Waals surface area contributed by atoms with Crippen molar-refractivity contribution in [3.05, 3.63) is 35.4 Å². The number of hydrogen-bond donors (Lipinski definition) is 3. The second-order valence-electron chi connectivity index (χ2n) is 3.13. The number of rotatable bonds is 4. The van der Waals surface area contributed by atoms with Crippen molar-refractivity contribution in [3.8, 4) is 0 Å². The van der Waals surface area contributed by atoms with Crippen LogP contribution in [0.4, 0.5) is 4.79 Å². The van der Waals surface area contributed by atoms with Crippen LogP contribution in [0.5, 0.6) is 0 Å². The topological polar surface area (TPSA) is 101 Å². The molecule has 1 aromatic rings. The number of hydrogen-bond acceptors (Lipinski definition) is 4. The van der Waals surface area contributed by atoms with Gasteiger partial charge in [-0.3, -0.25) is 19.0 Å². The monoisotopic (exact) mass is 253 g/mol. The molecule has 0 spiro atoms. The van der Waals surface area contributed by atoms with Crippen LogP contribution in [-0.2, 0) is 0 Å². The van der Waals surface area contributed by atoms with Crippen molar-refractivity contribution in [2.24, 2.45) is 5.73 Å². The number of ketones is 1. The summed E-state index contributed by atoms with van der Waals surface area (Å²) in [5, 5.41) is 0. The fraction of sp³-hybridized carbons (Fsp3) is 0.100. The summed E-state index contributed by atoms with van der Waals surface area (Å²) in [6, 6.07) is 5.42. The molecule has 90 valence electrons. The van der Waals surface area contributed by atoms with E-state index >= 15 is 0 Å². The fourth-order valence-corrected chi connectivity index (χ4v) is 1.40. The molecular formula is C10H11N3O3S. The van der Waals surface area contributed by atoms with E-state index in [1.54, 1.807) is 12.1 Å². The van der Waals surface area contributed by atoms with Crippen LogP contribution in [0.25, 0.3) is 0 Å². The van der Waals surface area contributed by atoms with Crippen molar-refractivity contribution < 1.29 is 14.4 Å². The van der Waals surface area contributed by atoms with Crippen molar-refractivity contribution in [3.63, 3.8) is 0 Å². The highest BCUT2D eigenvalue weighted by atomic mass is 32.2. The number of primary amides is 1. The molecule has 17 heavy (non-hydrogen) atoms. The van der Waals surface area contributed by atoms with Crippen molar-refractivity contribution in [2.75, 3.05) is 0 Å². The summed E-state index contributed by atoms with van der Waals surface area (Å²) in [4.78, 5) is 32.8. The van der Waals surface area contributed by atoms with E-state index < -0.39 is 6.03 Å². The fourth-order valence-electron chi connectivity index (χ4n) is 1.04. The predicted molar refractivity (Wildman–Crippen MR) is 64.2 cm³/mol. The second kappa shape index (κ2) is 5.90. The summed E-state index contributed by atoms with van der Waals surface area (Å²) in [5.74, 6) is -0.458. The van der Waals surface area contributed by atoms with Crippen molar-refractivity contribution in [1.29, 1.82) is 0 Å². The van der Waals surface area contributed by atoms with E-state index in [-0.39, 0.29) is 11.7 Å². The second-order valence-corrected chi connectivity index (χ2v) is 3.75. The van der Waals surface area contributed by atoms with Crippen LogP contribution in [0.2, 0.25) is 0 Å². The van der Waals surface area contributed by atoms with Gasteiger partial charge in [0, 0.05) is 11.1 Å². The molecule has 0 saturated heterocycles. The van der Waals surface area contributed by atoms with Gasteiger partial charge in [0.1, 0.15) is 0 Å². The van der Waals surface area contributed by atoms with Crippen LogP contribution in [0, 0.1) is 0 Å². The zero-order chi connectivity index (χ0) is 12.8. The molecule has 0 bridgehead atoms. The maximum atomic E-state index is 11.5. The van der Waals surface area contributed by atoms with Crippen molar-refractivity contribution in [2.45, 2.75) is 6.92 Å². The zero-order valence-corrected chi connectivity index (χ0v) is 9.84. The number of Topliss-reactive ketones (excluding diaryl/α,β-unsaturated/α-hetero) is 1. The van der Waals surface area contributed by atoms with Crippen LogP contribution in [0.1, 0.15) is 27.6 Å². The summed E-state index contributed by atoms with van der Waals surface area (Å²) >= 11 is 0.684. The van der Waals surface area contributed by atoms with E-state index in [4.69, 9.17) is 5.73 Å². The molecule has 4 N–H and O–H groups in total. The minimum absolute atomic E-state index is 0.0678. The quantitative estimate of drug-likeness (QED) is 0.547. The van der Waals surface area contributed by atoms with Crippen LogP contribution < -0.4 is 15.2 Å². The van der Waals surface area contributed by atoms with E-state index in [9.17, 15) is 14.4 Å². The maximum Gasteiger partial charge on any atom is 0.323 e. The minimum Gasteiger partial charge on any atom is -0.351 e. The molecule has 0 aromatic heterocycles. The van der Waals surface area contributed by atoms with Crippen LogP contribution in [0.15, 0.2) is 24.3 Å². The Kier molecular flexibility index (Phi) is 4.53. The van der Waals surface area contributed by atoms with Gasteiger partial charge in [0.05, 0.1) is 12.1 Å². The number of carbonyl (C=O) groups excluding carboxylic acids is 3. The molecule has 0 aliphatic heterocycles. The molecule has 6 nitrogen and oxygen atoms in total. The number of nitrogens with one attached hydrogen (secondary N) is 2. The standard InChI is InChI=1S/C10H11N3O3S/c1-6(14)7-2-4-8(5-3-7)9(15)12-17-13-10(11)16/h2-5H,1H3,(H,12,15)(H3,11,13,16). The van der Waals surface area contributed by atoms with E-state index in [0.29, 0.717) is 23.3 Å². The Morgan fingerprint density at radius 3 is 2.06 bits per heavy atom. The molecule has 0 aliphatic rings. The summed E-state index contributed by atoms with van der Waals surface area (Å²) < 4.78 is 4.51. The molecule has 0 fully saturated rings. The Labute approximate surface area is 102 Å². The molecule has 1 rings (SSSR count). The molecule has 0 unspecified atom stereocenters. The lowest BCUT2D eigenvalue weighted by Gasteiger charge is -2.04. The molecule has 7 heteroatoms. The first kappa shape index (κ1) is 13.0. The van der Waals surface area contributed by atoms with Gasteiger partial charge in [-0.15, -0.1) is 0 Å². The molecule has 0 radical (unpaired) electrons. The number of benzene rings is 1. The lowest BCUT2D eigenvalue weighted by Crippen LogP contribution is -2.29. The molecule has 0 aliphatic carbocycles. The third-order valence-electron chi connectivity index (χ3n) is 1.85. The summed E-state index contributed by atoms with van der Waals surface area (Å²) in [7, 11) is 0. The summed E-state index contributed by atoms with van der Waals surface area (Å²) in [6.45, 7) is 1.45. The highest BCUT2D eigenvalue weighted by Crippen LogP contribution is 2.05. The first-order valence-electron chi connectivity index (χ1n) is 4.63. The zero-order valence-electron chi connectivity index (χ0n) is 9.02. The normalized spacial score (nSPS) is 9.47. The molecule has 0 saturated carbocycles. The Hall–Kier alpha value is -2.02. The number of nitrogens with two attached hydrogens (primary N) is 1. The molecule has 1 aromatic carbocycles. The summed E-state index contributed by atoms with van der Waals surface area (Å²) in [5.41, 5.74) is 5.73. The van der Waals surface area contributed by atoms with E-state index in [0.717, 1.165) is 0 Å². The van der Waals surface area contributed by atoms with E-state index in [1.165, 1.54) is 19.1 Å². The Balaban J connectivity index is 2.57. The molecular weight excluding hydrogens is 242 g/mol. The van der Waals surface area contributed by atoms with E-state index in [1.807, 2.05) is 0 Å². The van der Waals surface area contributed by atoms with E-state index in [2.05, 4.69) is 9.44 Å². The lowest BCUT2D eigenvalue weighted by molar-refractivity contribution is 0.0980. The number of carbonyl (C=O) groups is 3. The van der Waals surface area contributed by atoms with Crippen LogP contribution in [-0.4, -0.2) is 17.7 Å². The van der Waals surface area contributed by atoms with Gasteiger partial charge in [0.25, 0.3) is 5.91 Å². The van der Waals surface area contributed by atoms with Gasteiger partial charge in [-0.05, 0) is 19.1 Å². The lowest BCUT2D eigenvalue weighted by atomic mass is 10.1. The molecule has 3 amide bonds. The van der Waals surface area contributed by atoms with Crippen LogP contribution in [0.3, 0.4) is 0 Å². The van der Waals surface area contributed by atoms with Crippen molar-refractivity contribution >= 4 is 29.9 Å². The van der Waals surface area contributed by atoms with Gasteiger partial charge < -0.3 is 5.73 Å². The Bertz CT molecular complexity index is 445. The Morgan fingerprint density at radius 2 is 1.59 bits per heavy atom. The SMILES string of the molecule is CC(=O)c1ccc(C(=O)NSNC(N)=O)cc1. The summed E-state index contributed by atoms with van der Waals surface area (Å²) in [6.07, 6.45) is 0. The van der Waals surface area contributed by atoms with Gasteiger partial charge in [-0.2, -0.15) is 0 Å². The van der Waals surface area contributed by atoms with Crippen molar-refractivity contribution in [1.82, 2.24) is 9.44 Å². The predicted octanol–water partition coefficient (Wildman–Crippen LogP) is 0.851. The first-order chi connectivity index (χ1) is 8.00. The number of amides is 3. The average molecular weight is 253 g/mol.